The lowest BCUT2D eigenvalue weighted by Crippen LogP contribution is -2.45. The number of aliphatic carboxylic acids is 1. The highest BCUT2D eigenvalue weighted by atomic mass is 32.2. The second kappa shape index (κ2) is 5.44. The number of fused-ring (bicyclic) bond motifs is 1. The summed E-state index contributed by atoms with van der Waals surface area (Å²) in [6, 6.07) is 6.79. The number of carbonyl (C=O) groups excluding carboxylic acids is 1. The Hall–Kier alpha value is -1.95. The molecule has 2 heterocycles. The van der Waals surface area contributed by atoms with Crippen molar-refractivity contribution in [1.82, 2.24) is 9.88 Å². The maximum absolute atomic E-state index is 12.8. The number of aromatic amines is 1. The summed E-state index contributed by atoms with van der Waals surface area (Å²) in [5.74, 6) is -0.703. The van der Waals surface area contributed by atoms with Gasteiger partial charge in [-0.2, -0.15) is 0 Å². The number of H-pyrrole nitrogens is 1. The summed E-state index contributed by atoms with van der Waals surface area (Å²) in [5.41, 5.74) is 1.42. The number of aromatic nitrogens is 1. The van der Waals surface area contributed by atoms with E-state index in [1.807, 2.05) is 31.2 Å². The highest BCUT2D eigenvalue weighted by Gasteiger charge is 2.41. The van der Waals surface area contributed by atoms with Crippen LogP contribution in [-0.4, -0.2) is 44.0 Å². The summed E-state index contributed by atoms with van der Waals surface area (Å²) in [6.07, 6.45) is 2.41. The number of nitrogens with zero attached hydrogens (tertiary/aromatic N) is 1. The molecule has 21 heavy (non-hydrogen) atoms. The molecular weight excluding hydrogens is 288 g/mol. The smallest absolute Gasteiger partial charge is 0.327 e. The maximum Gasteiger partial charge on any atom is 0.327 e. The SMILES string of the molecule is CCC1SCC(C(=O)O)N1C(=O)c1c[nH]c2ccccc12. The number of hydrogen-bond acceptors (Lipinski definition) is 3. The van der Waals surface area contributed by atoms with E-state index < -0.39 is 12.0 Å². The third-order valence-corrected chi connectivity index (χ3v) is 5.23. The van der Waals surface area contributed by atoms with Gasteiger partial charge in [-0.1, -0.05) is 25.1 Å². The second-order valence-corrected chi connectivity index (χ2v) is 6.22. The summed E-state index contributed by atoms with van der Waals surface area (Å²) < 4.78 is 0. The van der Waals surface area contributed by atoms with Gasteiger partial charge in [0.25, 0.3) is 5.91 Å². The van der Waals surface area contributed by atoms with Gasteiger partial charge >= 0.3 is 5.97 Å². The summed E-state index contributed by atoms with van der Waals surface area (Å²) in [5, 5.41) is 10.1. The minimum Gasteiger partial charge on any atom is -0.480 e. The lowest BCUT2D eigenvalue weighted by Gasteiger charge is -2.26. The molecule has 2 unspecified atom stereocenters. The summed E-state index contributed by atoms with van der Waals surface area (Å²) in [7, 11) is 0. The Balaban J connectivity index is 2.01. The van der Waals surface area contributed by atoms with E-state index in [0.717, 1.165) is 17.3 Å². The van der Waals surface area contributed by atoms with Crippen LogP contribution in [0.25, 0.3) is 10.9 Å². The molecule has 2 aromatic rings. The Kier molecular flexibility index (Phi) is 3.63. The van der Waals surface area contributed by atoms with Gasteiger partial charge in [-0.15, -0.1) is 11.8 Å². The number of rotatable bonds is 3. The van der Waals surface area contributed by atoms with Crippen molar-refractivity contribution in [2.75, 3.05) is 5.75 Å². The average Bonchev–Trinajstić information content (AvgIpc) is 3.10. The zero-order chi connectivity index (χ0) is 15.0. The number of benzene rings is 1. The van der Waals surface area contributed by atoms with Gasteiger partial charge in [0.2, 0.25) is 0 Å². The van der Waals surface area contributed by atoms with Crippen LogP contribution in [-0.2, 0) is 4.79 Å². The molecule has 0 radical (unpaired) electrons. The van der Waals surface area contributed by atoms with E-state index >= 15 is 0 Å². The van der Waals surface area contributed by atoms with Crippen LogP contribution in [0.3, 0.4) is 0 Å². The first-order valence-corrected chi connectivity index (χ1v) is 7.91. The predicted molar refractivity (Wildman–Crippen MR) is 82.4 cm³/mol. The van der Waals surface area contributed by atoms with E-state index in [9.17, 15) is 14.7 Å². The van der Waals surface area contributed by atoms with Gasteiger partial charge in [0.05, 0.1) is 10.9 Å². The molecule has 1 amide bonds. The van der Waals surface area contributed by atoms with Crippen LogP contribution in [0.4, 0.5) is 0 Å². The summed E-state index contributed by atoms with van der Waals surface area (Å²) in [6.45, 7) is 1.97. The molecule has 0 aliphatic carbocycles. The molecule has 1 aliphatic rings. The molecule has 3 rings (SSSR count). The van der Waals surface area contributed by atoms with Crippen LogP contribution >= 0.6 is 11.8 Å². The van der Waals surface area contributed by atoms with Crippen LogP contribution in [0.1, 0.15) is 23.7 Å². The molecule has 1 aromatic heterocycles. The van der Waals surface area contributed by atoms with E-state index in [2.05, 4.69) is 4.98 Å². The number of carbonyl (C=O) groups is 2. The summed E-state index contributed by atoms with van der Waals surface area (Å²) in [4.78, 5) is 28.8. The largest absolute Gasteiger partial charge is 0.480 e. The molecule has 1 aromatic carbocycles. The monoisotopic (exact) mass is 304 g/mol. The normalized spacial score (nSPS) is 21.9. The first kappa shape index (κ1) is 14.0. The topological polar surface area (TPSA) is 73.4 Å². The van der Waals surface area contributed by atoms with Gasteiger partial charge in [0, 0.05) is 22.9 Å². The van der Waals surface area contributed by atoms with Gasteiger partial charge in [-0.25, -0.2) is 4.79 Å². The van der Waals surface area contributed by atoms with Crippen molar-refractivity contribution in [3.05, 3.63) is 36.0 Å². The van der Waals surface area contributed by atoms with E-state index in [1.165, 1.54) is 16.7 Å². The molecule has 5 nitrogen and oxygen atoms in total. The van der Waals surface area contributed by atoms with Crippen molar-refractivity contribution in [2.45, 2.75) is 24.8 Å². The van der Waals surface area contributed by atoms with E-state index in [-0.39, 0.29) is 11.3 Å². The molecule has 1 fully saturated rings. The van der Waals surface area contributed by atoms with Crippen LogP contribution in [0.5, 0.6) is 0 Å². The number of amides is 1. The van der Waals surface area contributed by atoms with Crippen molar-refractivity contribution >= 4 is 34.5 Å². The van der Waals surface area contributed by atoms with Crippen molar-refractivity contribution in [1.29, 1.82) is 0 Å². The number of carboxylic acid groups (broad SMARTS) is 1. The van der Waals surface area contributed by atoms with Gasteiger partial charge in [0.1, 0.15) is 6.04 Å². The first-order chi connectivity index (χ1) is 10.1. The lowest BCUT2D eigenvalue weighted by molar-refractivity contribution is -0.141. The minimum atomic E-state index is -0.938. The average molecular weight is 304 g/mol. The van der Waals surface area contributed by atoms with Crippen molar-refractivity contribution in [2.24, 2.45) is 0 Å². The zero-order valence-electron chi connectivity index (χ0n) is 11.6. The Morgan fingerprint density at radius 1 is 1.43 bits per heavy atom. The van der Waals surface area contributed by atoms with Crippen molar-refractivity contribution in [3.63, 3.8) is 0 Å². The van der Waals surface area contributed by atoms with E-state index in [0.29, 0.717) is 11.3 Å². The molecule has 2 atom stereocenters. The molecule has 0 bridgehead atoms. The fourth-order valence-electron chi connectivity index (χ4n) is 2.73. The van der Waals surface area contributed by atoms with Crippen molar-refractivity contribution < 1.29 is 14.7 Å². The fraction of sp³-hybridized carbons (Fsp3) is 0.333. The second-order valence-electron chi connectivity index (χ2n) is 5.01. The number of para-hydroxylation sites is 1. The van der Waals surface area contributed by atoms with E-state index in [4.69, 9.17) is 0 Å². The highest BCUT2D eigenvalue weighted by molar-refractivity contribution is 8.00. The standard InChI is InChI=1S/C15H16N2O3S/c1-2-13-17(12(8-21-13)15(19)20)14(18)10-7-16-11-6-4-3-5-9(10)11/h3-7,12-13,16H,2,8H2,1H3,(H,19,20). The quantitative estimate of drug-likeness (QED) is 0.914. The van der Waals surface area contributed by atoms with Gasteiger partial charge in [-0.05, 0) is 12.5 Å². The fourth-order valence-corrected chi connectivity index (χ4v) is 4.07. The Labute approximate surface area is 126 Å². The number of nitrogens with one attached hydrogen (secondary N) is 1. The van der Waals surface area contributed by atoms with Gasteiger partial charge in [-0.3, -0.25) is 4.79 Å². The third-order valence-electron chi connectivity index (χ3n) is 3.78. The highest BCUT2D eigenvalue weighted by Crippen LogP contribution is 2.33. The minimum absolute atomic E-state index is 0.0766. The molecule has 6 heteroatoms. The maximum atomic E-state index is 12.8. The number of thioether (sulfide) groups is 1. The van der Waals surface area contributed by atoms with Crippen LogP contribution in [0, 0.1) is 0 Å². The zero-order valence-corrected chi connectivity index (χ0v) is 12.4. The first-order valence-electron chi connectivity index (χ1n) is 6.86. The van der Waals surface area contributed by atoms with Crippen LogP contribution in [0.2, 0.25) is 0 Å². The Bertz CT molecular complexity index is 697. The van der Waals surface area contributed by atoms with Gasteiger partial charge in [0.15, 0.2) is 0 Å². The molecule has 110 valence electrons. The summed E-state index contributed by atoms with van der Waals surface area (Å²) >= 11 is 1.53. The molecule has 0 spiro atoms. The Morgan fingerprint density at radius 3 is 2.90 bits per heavy atom. The molecular formula is C15H16N2O3S. The lowest BCUT2D eigenvalue weighted by atomic mass is 10.1. The van der Waals surface area contributed by atoms with Gasteiger partial charge < -0.3 is 15.0 Å². The van der Waals surface area contributed by atoms with Crippen molar-refractivity contribution in [3.8, 4) is 0 Å². The molecule has 1 aliphatic heterocycles. The molecule has 0 saturated carbocycles. The van der Waals surface area contributed by atoms with E-state index in [1.54, 1.807) is 6.20 Å². The number of hydrogen-bond donors (Lipinski definition) is 2. The van der Waals surface area contributed by atoms with Crippen LogP contribution in [0.15, 0.2) is 30.5 Å². The van der Waals surface area contributed by atoms with Crippen LogP contribution < -0.4 is 0 Å². The molecule has 2 N–H and O–H groups in total. The molecule has 1 saturated heterocycles. The Morgan fingerprint density at radius 2 is 2.19 bits per heavy atom. The predicted octanol–water partition coefficient (Wildman–Crippen LogP) is 2.55. The number of carboxylic acids is 1. The third kappa shape index (κ3) is 2.29.